The van der Waals surface area contributed by atoms with Crippen LogP contribution in [0.3, 0.4) is 0 Å². The highest BCUT2D eigenvalue weighted by atomic mass is 35.5. The molecular weight excluding hydrogens is 499 g/mol. The predicted octanol–water partition coefficient (Wildman–Crippen LogP) is 9.54. The molecule has 0 aliphatic carbocycles. The number of Topliss-reactive ketones (excluding diaryl/α,β-unsaturated/α-hetero) is 3. The highest BCUT2D eigenvalue weighted by Gasteiger charge is 2.08. The van der Waals surface area contributed by atoms with Gasteiger partial charge in [-0.3, -0.25) is 14.4 Å². The van der Waals surface area contributed by atoms with Crippen LogP contribution in [0.4, 0.5) is 4.39 Å². The van der Waals surface area contributed by atoms with Crippen molar-refractivity contribution in [1.82, 2.24) is 0 Å². The highest BCUT2D eigenvalue weighted by Crippen LogP contribution is 2.13. The van der Waals surface area contributed by atoms with Crippen molar-refractivity contribution in [3.63, 3.8) is 0 Å². The molecule has 3 aromatic rings. The van der Waals surface area contributed by atoms with E-state index in [4.69, 9.17) is 11.6 Å². The molecule has 0 fully saturated rings. The normalized spacial score (nSPS) is 10.4. The molecular formula is C33H40ClFO3. The van der Waals surface area contributed by atoms with Crippen molar-refractivity contribution < 1.29 is 18.8 Å². The van der Waals surface area contributed by atoms with E-state index in [9.17, 15) is 18.8 Å². The second-order valence-corrected chi connectivity index (χ2v) is 10.9. The van der Waals surface area contributed by atoms with Crippen molar-refractivity contribution in [2.45, 2.75) is 60.8 Å². The van der Waals surface area contributed by atoms with Crippen molar-refractivity contribution in [3.8, 4) is 0 Å². The van der Waals surface area contributed by atoms with Gasteiger partial charge in [-0.1, -0.05) is 83.5 Å². The summed E-state index contributed by atoms with van der Waals surface area (Å²) in [6.07, 6.45) is 1.76. The smallest absolute Gasteiger partial charge is 0.163 e. The first-order chi connectivity index (χ1) is 17.9. The van der Waals surface area contributed by atoms with Gasteiger partial charge in [-0.25, -0.2) is 4.39 Å². The largest absolute Gasteiger partial charge is 0.294 e. The van der Waals surface area contributed by atoms with Crippen molar-refractivity contribution in [1.29, 1.82) is 0 Å². The third-order valence-electron chi connectivity index (χ3n) is 5.21. The monoisotopic (exact) mass is 538 g/mol. The highest BCUT2D eigenvalue weighted by molar-refractivity contribution is 6.30. The summed E-state index contributed by atoms with van der Waals surface area (Å²) in [6.45, 7) is 12.2. The van der Waals surface area contributed by atoms with E-state index in [0.717, 1.165) is 11.1 Å². The number of carbonyl (C=O) groups is 3. The molecule has 3 nitrogen and oxygen atoms in total. The van der Waals surface area contributed by atoms with Gasteiger partial charge in [0.1, 0.15) is 5.82 Å². The average Bonchev–Trinajstić information content (AvgIpc) is 2.85. The Labute approximate surface area is 232 Å². The lowest BCUT2D eigenvalue weighted by Crippen LogP contribution is -2.03. The minimum Gasteiger partial charge on any atom is -0.294 e. The van der Waals surface area contributed by atoms with Gasteiger partial charge in [-0.15, -0.1) is 0 Å². The summed E-state index contributed by atoms with van der Waals surface area (Å²) >= 11 is 5.71. The molecule has 0 radical (unpaired) electrons. The van der Waals surface area contributed by atoms with Gasteiger partial charge in [0.15, 0.2) is 17.3 Å². The van der Waals surface area contributed by atoms with E-state index >= 15 is 0 Å². The summed E-state index contributed by atoms with van der Waals surface area (Å²) in [5.74, 6) is 1.40. The second kappa shape index (κ2) is 17.4. The third kappa shape index (κ3) is 14.0. The maximum absolute atomic E-state index is 12.5. The molecule has 5 heteroatoms. The van der Waals surface area contributed by atoms with Crippen molar-refractivity contribution in [2.24, 2.45) is 17.8 Å². The van der Waals surface area contributed by atoms with Gasteiger partial charge in [-0.05, 0) is 66.3 Å². The zero-order valence-corrected chi connectivity index (χ0v) is 24.1. The zero-order chi connectivity index (χ0) is 28.7. The van der Waals surface area contributed by atoms with E-state index in [1.807, 2.05) is 58.0 Å². The fourth-order valence-electron chi connectivity index (χ4n) is 3.36. The Hall–Kier alpha value is -3.11. The van der Waals surface area contributed by atoms with Crippen LogP contribution in [0.5, 0.6) is 0 Å². The van der Waals surface area contributed by atoms with Crippen LogP contribution >= 0.6 is 11.6 Å². The molecule has 0 unspecified atom stereocenters. The van der Waals surface area contributed by atoms with Gasteiger partial charge in [-0.2, -0.15) is 0 Å². The number of carbonyl (C=O) groups excluding carboxylic acids is 3. The number of ketones is 3. The molecule has 204 valence electrons. The van der Waals surface area contributed by atoms with Crippen LogP contribution in [-0.2, 0) is 0 Å². The zero-order valence-electron chi connectivity index (χ0n) is 23.3. The minimum absolute atomic E-state index is 0.0787. The maximum atomic E-state index is 12.5. The van der Waals surface area contributed by atoms with Crippen LogP contribution in [0.1, 0.15) is 91.9 Å². The van der Waals surface area contributed by atoms with Crippen LogP contribution in [-0.4, -0.2) is 17.3 Å². The molecule has 0 heterocycles. The number of rotatable bonds is 9. The van der Waals surface area contributed by atoms with E-state index in [1.54, 1.807) is 24.3 Å². The van der Waals surface area contributed by atoms with Crippen LogP contribution in [0.25, 0.3) is 0 Å². The van der Waals surface area contributed by atoms with E-state index in [0.29, 0.717) is 47.6 Å². The molecule has 0 spiro atoms. The quantitative estimate of drug-likeness (QED) is 0.255. The Balaban J connectivity index is 0.000000285. The molecule has 0 aliphatic rings. The maximum Gasteiger partial charge on any atom is 0.163 e. The average molecular weight is 539 g/mol. The van der Waals surface area contributed by atoms with E-state index in [2.05, 4.69) is 13.8 Å². The Kier molecular flexibility index (Phi) is 15.1. The molecule has 3 aromatic carbocycles. The molecule has 0 N–H and O–H groups in total. The summed E-state index contributed by atoms with van der Waals surface area (Å²) in [7, 11) is 0. The van der Waals surface area contributed by atoms with Crippen molar-refractivity contribution in [3.05, 3.63) is 106 Å². The second-order valence-electron chi connectivity index (χ2n) is 10.4. The lowest BCUT2D eigenvalue weighted by molar-refractivity contribution is 0.0959. The van der Waals surface area contributed by atoms with Gasteiger partial charge in [0, 0.05) is 41.0 Å². The molecule has 0 aromatic heterocycles. The standard InChI is InChI=1S/C11H13ClO.C11H13FO.C11H14O/c2*1-8(2)7-11(13)9-3-5-10(12)6-4-9;1-9(2)8-11(12)10-6-4-3-5-7-10/h2*3-6,8H,7H2,1-2H3;3-7,9H,8H2,1-2H3. The summed E-state index contributed by atoms with van der Waals surface area (Å²) in [6, 6.07) is 22.2. The lowest BCUT2D eigenvalue weighted by atomic mass is 10.0. The van der Waals surface area contributed by atoms with Gasteiger partial charge in [0.05, 0.1) is 0 Å². The van der Waals surface area contributed by atoms with Crippen molar-refractivity contribution in [2.75, 3.05) is 0 Å². The van der Waals surface area contributed by atoms with Crippen LogP contribution in [0, 0.1) is 23.6 Å². The lowest BCUT2D eigenvalue weighted by Gasteiger charge is -2.03. The fraction of sp³-hybridized carbons (Fsp3) is 0.364. The topological polar surface area (TPSA) is 51.2 Å². The molecule has 0 bridgehead atoms. The molecule has 3 rings (SSSR count). The summed E-state index contributed by atoms with van der Waals surface area (Å²) in [4.78, 5) is 34.4. The van der Waals surface area contributed by atoms with Gasteiger partial charge < -0.3 is 0 Å². The number of halogens is 2. The van der Waals surface area contributed by atoms with Gasteiger partial charge in [0.25, 0.3) is 0 Å². The molecule has 0 atom stereocenters. The molecule has 0 saturated heterocycles. The summed E-state index contributed by atoms with van der Waals surface area (Å²) in [5, 5.41) is 0.668. The first-order valence-corrected chi connectivity index (χ1v) is 13.4. The first kappa shape index (κ1) is 32.9. The van der Waals surface area contributed by atoms with Crippen LogP contribution in [0.15, 0.2) is 78.9 Å². The Morgan fingerprint density at radius 1 is 0.553 bits per heavy atom. The third-order valence-corrected chi connectivity index (χ3v) is 5.46. The summed E-state index contributed by atoms with van der Waals surface area (Å²) in [5.41, 5.74) is 2.17. The van der Waals surface area contributed by atoms with Gasteiger partial charge >= 0.3 is 0 Å². The fourth-order valence-corrected chi connectivity index (χ4v) is 3.49. The SMILES string of the molecule is CC(C)CC(=O)c1ccc(Cl)cc1.CC(C)CC(=O)c1ccc(F)cc1.CC(C)CC(=O)c1ccccc1. The minimum atomic E-state index is -0.305. The molecule has 0 saturated carbocycles. The van der Waals surface area contributed by atoms with E-state index in [-0.39, 0.29) is 23.2 Å². The molecule has 0 amide bonds. The summed E-state index contributed by atoms with van der Waals surface area (Å²) < 4.78 is 12.5. The first-order valence-electron chi connectivity index (χ1n) is 13.0. The van der Waals surface area contributed by atoms with E-state index in [1.165, 1.54) is 24.3 Å². The van der Waals surface area contributed by atoms with Crippen LogP contribution in [0.2, 0.25) is 5.02 Å². The van der Waals surface area contributed by atoms with Crippen molar-refractivity contribution >= 4 is 29.0 Å². The Morgan fingerprint density at radius 2 is 0.868 bits per heavy atom. The Bertz CT molecular complexity index is 1060. The van der Waals surface area contributed by atoms with Gasteiger partial charge in [0.2, 0.25) is 0 Å². The predicted molar refractivity (Wildman–Crippen MR) is 156 cm³/mol. The Morgan fingerprint density at radius 3 is 1.21 bits per heavy atom. The number of hydrogen-bond donors (Lipinski definition) is 0. The molecule has 0 aliphatic heterocycles. The number of hydrogen-bond acceptors (Lipinski definition) is 3. The van der Waals surface area contributed by atoms with Crippen LogP contribution < -0.4 is 0 Å². The molecule has 38 heavy (non-hydrogen) atoms. The van der Waals surface area contributed by atoms with E-state index < -0.39 is 0 Å². The number of benzene rings is 3.